The summed E-state index contributed by atoms with van der Waals surface area (Å²) in [5.74, 6) is 1.16. The Kier molecular flexibility index (Phi) is 5.96. The van der Waals surface area contributed by atoms with Gasteiger partial charge in [-0.25, -0.2) is 0 Å². The van der Waals surface area contributed by atoms with E-state index in [1.54, 1.807) is 6.07 Å². The van der Waals surface area contributed by atoms with E-state index in [4.69, 9.17) is 32.7 Å². The summed E-state index contributed by atoms with van der Waals surface area (Å²) in [5, 5.41) is 0.668. The van der Waals surface area contributed by atoms with Gasteiger partial charge < -0.3 is 9.47 Å². The predicted molar refractivity (Wildman–Crippen MR) is 67.6 cm³/mol. The lowest BCUT2D eigenvalue weighted by Crippen LogP contribution is -2.11. The molecule has 0 fully saturated rings. The smallest absolute Gasteiger partial charge is 0.123 e. The highest BCUT2D eigenvalue weighted by molar-refractivity contribution is 6.30. The average molecular weight is 263 g/mol. The highest BCUT2D eigenvalue weighted by Gasteiger charge is 2.03. The van der Waals surface area contributed by atoms with Gasteiger partial charge in [0, 0.05) is 10.6 Å². The van der Waals surface area contributed by atoms with E-state index in [9.17, 15) is 0 Å². The third-order valence-corrected chi connectivity index (χ3v) is 2.48. The van der Waals surface area contributed by atoms with E-state index in [1.807, 2.05) is 26.0 Å². The van der Waals surface area contributed by atoms with Crippen molar-refractivity contribution in [1.82, 2.24) is 0 Å². The molecule has 2 nitrogen and oxygen atoms in total. The Hall–Kier alpha value is -0.440. The Bertz CT molecular complexity index is 327. The maximum atomic E-state index is 5.86. The van der Waals surface area contributed by atoms with Gasteiger partial charge in [-0.05, 0) is 32.0 Å². The molecule has 0 saturated carbocycles. The van der Waals surface area contributed by atoms with Crippen LogP contribution in [0.1, 0.15) is 19.4 Å². The number of ether oxygens (including phenoxy) is 2. The third kappa shape index (κ3) is 4.60. The van der Waals surface area contributed by atoms with Gasteiger partial charge in [0.05, 0.1) is 18.6 Å². The van der Waals surface area contributed by atoms with Crippen molar-refractivity contribution < 1.29 is 9.47 Å². The standard InChI is InChI=1S/C12H16Cl2O2/c1-9(2)15-5-6-16-12-4-3-11(14)7-10(12)8-13/h3-4,7,9H,5-6,8H2,1-2H3. The van der Waals surface area contributed by atoms with Crippen LogP contribution in [0.3, 0.4) is 0 Å². The highest BCUT2D eigenvalue weighted by atomic mass is 35.5. The lowest BCUT2D eigenvalue weighted by Gasteiger charge is -2.11. The SMILES string of the molecule is CC(C)OCCOc1ccc(Cl)cc1CCl. The molecule has 0 heterocycles. The molecule has 0 amide bonds. The van der Waals surface area contributed by atoms with Crippen molar-refractivity contribution in [2.45, 2.75) is 25.8 Å². The van der Waals surface area contributed by atoms with Crippen LogP contribution in [-0.2, 0) is 10.6 Å². The molecule has 0 aliphatic rings. The monoisotopic (exact) mass is 262 g/mol. The molecule has 0 aliphatic carbocycles. The molecule has 0 atom stereocenters. The van der Waals surface area contributed by atoms with E-state index in [0.29, 0.717) is 24.1 Å². The zero-order chi connectivity index (χ0) is 12.0. The van der Waals surface area contributed by atoms with Crippen LogP contribution in [0.15, 0.2) is 18.2 Å². The van der Waals surface area contributed by atoms with E-state index >= 15 is 0 Å². The summed E-state index contributed by atoms with van der Waals surface area (Å²) in [5.41, 5.74) is 0.902. The van der Waals surface area contributed by atoms with Crippen LogP contribution in [0, 0.1) is 0 Å². The van der Waals surface area contributed by atoms with Crippen LogP contribution in [0.5, 0.6) is 5.75 Å². The second-order valence-electron chi connectivity index (χ2n) is 3.65. The van der Waals surface area contributed by atoms with Crippen LogP contribution >= 0.6 is 23.2 Å². The normalized spacial score (nSPS) is 10.8. The van der Waals surface area contributed by atoms with Gasteiger partial charge in [0.1, 0.15) is 12.4 Å². The second kappa shape index (κ2) is 7.00. The van der Waals surface area contributed by atoms with Gasteiger partial charge in [0.2, 0.25) is 0 Å². The maximum absolute atomic E-state index is 5.86. The first-order valence-corrected chi connectivity index (χ1v) is 6.13. The van der Waals surface area contributed by atoms with Crippen LogP contribution in [0.4, 0.5) is 0 Å². The summed E-state index contributed by atoms with van der Waals surface area (Å²) in [7, 11) is 0. The minimum atomic E-state index is 0.223. The Labute approximate surface area is 106 Å². The van der Waals surface area contributed by atoms with Crippen molar-refractivity contribution in [2.24, 2.45) is 0 Å². The van der Waals surface area contributed by atoms with E-state index in [1.165, 1.54) is 0 Å². The summed E-state index contributed by atoms with van der Waals surface area (Å²) in [6.45, 7) is 5.07. The minimum absolute atomic E-state index is 0.223. The van der Waals surface area contributed by atoms with Crippen LogP contribution in [0.2, 0.25) is 5.02 Å². The molecule has 0 aliphatic heterocycles. The molecule has 0 N–H and O–H groups in total. The number of benzene rings is 1. The summed E-state index contributed by atoms with van der Waals surface area (Å²) in [6, 6.07) is 5.43. The Morgan fingerprint density at radius 1 is 1.25 bits per heavy atom. The first-order valence-electron chi connectivity index (χ1n) is 5.22. The van der Waals surface area contributed by atoms with E-state index in [0.717, 1.165) is 11.3 Å². The molecule has 16 heavy (non-hydrogen) atoms. The first kappa shape index (κ1) is 13.6. The zero-order valence-corrected chi connectivity index (χ0v) is 11.0. The summed E-state index contributed by atoms with van der Waals surface area (Å²) in [4.78, 5) is 0. The number of rotatable bonds is 6. The summed E-state index contributed by atoms with van der Waals surface area (Å²) in [6.07, 6.45) is 0.223. The fourth-order valence-corrected chi connectivity index (χ4v) is 1.63. The van der Waals surface area contributed by atoms with Gasteiger partial charge in [-0.15, -0.1) is 11.6 Å². The van der Waals surface area contributed by atoms with Crippen LogP contribution in [-0.4, -0.2) is 19.3 Å². The average Bonchev–Trinajstić information content (AvgIpc) is 2.25. The van der Waals surface area contributed by atoms with Gasteiger partial charge in [-0.3, -0.25) is 0 Å². The van der Waals surface area contributed by atoms with E-state index < -0.39 is 0 Å². The quantitative estimate of drug-likeness (QED) is 0.572. The van der Waals surface area contributed by atoms with Gasteiger partial charge >= 0.3 is 0 Å². The van der Waals surface area contributed by atoms with E-state index in [-0.39, 0.29) is 6.10 Å². The lowest BCUT2D eigenvalue weighted by molar-refractivity contribution is 0.0551. The molecule has 90 valence electrons. The topological polar surface area (TPSA) is 18.5 Å². The molecule has 0 aromatic heterocycles. The number of hydrogen-bond donors (Lipinski definition) is 0. The van der Waals surface area contributed by atoms with Crippen molar-refractivity contribution in [2.75, 3.05) is 13.2 Å². The van der Waals surface area contributed by atoms with Crippen molar-refractivity contribution in [3.05, 3.63) is 28.8 Å². The fourth-order valence-electron chi connectivity index (χ4n) is 1.23. The molecule has 4 heteroatoms. The predicted octanol–water partition coefficient (Wildman–Crippen LogP) is 3.88. The van der Waals surface area contributed by atoms with Gasteiger partial charge in [-0.1, -0.05) is 11.6 Å². The Morgan fingerprint density at radius 3 is 2.62 bits per heavy atom. The van der Waals surface area contributed by atoms with Gasteiger partial charge in [0.15, 0.2) is 0 Å². The minimum Gasteiger partial charge on any atom is -0.491 e. The summed E-state index contributed by atoms with van der Waals surface area (Å²) >= 11 is 11.7. The summed E-state index contributed by atoms with van der Waals surface area (Å²) < 4.78 is 10.9. The first-order chi connectivity index (χ1) is 7.63. The van der Waals surface area contributed by atoms with Crippen molar-refractivity contribution in [3.63, 3.8) is 0 Å². The number of alkyl halides is 1. The van der Waals surface area contributed by atoms with Crippen molar-refractivity contribution in [3.8, 4) is 5.75 Å². The molecule has 1 aromatic rings. The fraction of sp³-hybridized carbons (Fsp3) is 0.500. The van der Waals surface area contributed by atoms with Crippen LogP contribution < -0.4 is 4.74 Å². The van der Waals surface area contributed by atoms with Crippen molar-refractivity contribution in [1.29, 1.82) is 0 Å². The molecular formula is C12H16Cl2O2. The van der Waals surface area contributed by atoms with Gasteiger partial charge in [0.25, 0.3) is 0 Å². The molecule has 1 rings (SSSR count). The molecule has 0 radical (unpaired) electrons. The molecule has 0 bridgehead atoms. The Balaban J connectivity index is 2.47. The van der Waals surface area contributed by atoms with E-state index in [2.05, 4.69) is 0 Å². The molecule has 0 spiro atoms. The third-order valence-electron chi connectivity index (χ3n) is 1.96. The highest BCUT2D eigenvalue weighted by Crippen LogP contribution is 2.24. The molecule has 0 saturated heterocycles. The largest absolute Gasteiger partial charge is 0.491 e. The molecule has 1 aromatic carbocycles. The maximum Gasteiger partial charge on any atom is 0.123 e. The van der Waals surface area contributed by atoms with Gasteiger partial charge in [-0.2, -0.15) is 0 Å². The van der Waals surface area contributed by atoms with Crippen molar-refractivity contribution >= 4 is 23.2 Å². The van der Waals surface area contributed by atoms with Crippen LogP contribution in [0.25, 0.3) is 0 Å². The number of halogens is 2. The Morgan fingerprint density at radius 2 is 2.00 bits per heavy atom. The molecular weight excluding hydrogens is 247 g/mol. The lowest BCUT2D eigenvalue weighted by atomic mass is 10.2. The second-order valence-corrected chi connectivity index (χ2v) is 4.36. The molecule has 0 unspecified atom stereocenters. The number of hydrogen-bond acceptors (Lipinski definition) is 2. The zero-order valence-electron chi connectivity index (χ0n) is 9.50.